The van der Waals surface area contributed by atoms with Crippen LogP contribution in [0.5, 0.6) is 0 Å². The van der Waals surface area contributed by atoms with Gasteiger partial charge in [-0.1, -0.05) is 19.9 Å². The van der Waals surface area contributed by atoms with Gasteiger partial charge in [0.1, 0.15) is 0 Å². The van der Waals surface area contributed by atoms with Crippen LogP contribution in [-0.2, 0) is 0 Å². The van der Waals surface area contributed by atoms with Gasteiger partial charge in [0, 0.05) is 35.2 Å². The number of amides is 1. The molecule has 1 fully saturated rings. The predicted molar refractivity (Wildman–Crippen MR) is 77.2 cm³/mol. The molecule has 0 bridgehead atoms. The van der Waals surface area contributed by atoms with Crippen LogP contribution in [0.3, 0.4) is 0 Å². The topological polar surface area (TPSA) is 36.1 Å². The Balaban J connectivity index is 1.95. The van der Waals surface area contributed by atoms with E-state index in [1.54, 1.807) is 0 Å². The molecule has 1 amide bonds. The Morgan fingerprint density at radius 1 is 1.37 bits per heavy atom. The maximum atomic E-state index is 12.8. The van der Waals surface area contributed by atoms with Crippen LogP contribution < -0.4 is 0 Å². The van der Waals surface area contributed by atoms with E-state index < -0.39 is 0 Å². The summed E-state index contributed by atoms with van der Waals surface area (Å²) in [5, 5.41) is 1.03. The number of nitrogens with one attached hydrogen (secondary N) is 1. The SMILES string of the molecule is CC(C)CN(C(=O)c1cccc2[nH]ccc12)C1CC1. The van der Waals surface area contributed by atoms with E-state index in [1.807, 2.05) is 30.5 Å². The summed E-state index contributed by atoms with van der Waals surface area (Å²) in [6.07, 6.45) is 4.20. The lowest BCUT2D eigenvalue weighted by Gasteiger charge is -2.24. The quantitative estimate of drug-likeness (QED) is 0.894. The van der Waals surface area contributed by atoms with Crippen LogP contribution in [0.4, 0.5) is 0 Å². The molecule has 1 saturated carbocycles. The van der Waals surface area contributed by atoms with Crippen LogP contribution in [0, 0.1) is 5.92 Å². The van der Waals surface area contributed by atoms with Crippen molar-refractivity contribution in [3.05, 3.63) is 36.0 Å². The first-order valence-corrected chi connectivity index (χ1v) is 7.04. The average molecular weight is 256 g/mol. The van der Waals surface area contributed by atoms with E-state index >= 15 is 0 Å². The molecule has 2 aromatic rings. The number of hydrogen-bond acceptors (Lipinski definition) is 1. The average Bonchev–Trinajstić information content (AvgIpc) is 3.11. The predicted octanol–water partition coefficient (Wildman–Crippen LogP) is 3.43. The van der Waals surface area contributed by atoms with Crippen molar-refractivity contribution in [2.45, 2.75) is 32.7 Å². The van der Waals surface area contributed by atoms with Crippen LogP contribution >= 0.6 is 0 Å². The van der Waals surface area contributed by atoms with Gasteiger partial charge in [0.15, 0.2) is 0 Å². The fourth-order valence-electron chi connectivity index (χ4n) is 2.60. The molecule has 0 saturated heterocycles. The van der Waals surface area contributed by atoms with Crippen LogP contribution in [0.1, 0.15) is 37.0 Å². The first-order chi connectivity index (χ1) is 9.16. The lowest BCUT2D eigenvalue weighted by atomic mass is 10.1. The molecular weight excluding hydrogens is 236 g/mol. The number of carbonyl (C=O) groups excluding carboxylic acids is 1. The van der Waals surface area contributed by atoms with E-state index in [4.69, 9.17) is 0 Å². The summed E-state index contributed by atoms with van der Waals surface area (Å²) < 4.78 is 0. The van der Waals surface area contributed by atoms with Gasteiger partial charge >= 0.3 is 0 Å². The van der Waals surface area contributed by atoms with Crippen LogP contribution in [0.25, 0.3) is 10.9 Å². The molecule has 1 heterocycles. The van der Waals surface area contributed by atoms with Crippen molar-refractivity contribution in [2.24, 2.45) is 5.92 Å². The van der Waals surface area contributed by atoms with Gasteiger partial charge in [-0.25, -0.2) is 0 Å². The van der Waals surface area contributed by atoms with Crippen LogP contribution in [0.15, 0.2) is 30.5 Å². The van der Waals surface area contributed by atoms with Gasteiger partial charge in [-0.05, 0) is 37.0 Å². The second-order valence-electron chi connectivity index (χ2n) is 5.83. The summed E-state index contributed by atoms with van der Waals surface area (Å²) in [7, 11) is 0. The Morgan fingerprint density at radius 3 is 2.84 bits per heavy atom. The summed E-state index contributed by atoms with van der Waals surface area (Å²) in [6.45, 7) is 5.18. The minimum absolute atomic E-state index is 0.182. The van der Waals surface area contributed by atoms with Crippen molar-refractivity contribution in [1.29, 1.82) is 0 Å². The van der Waals surface area contributed by atoms with Crippen molar-refractivity contribution >= 4 is 16.8 Å². The Labute approximate surface area is 113 Å². The molecule has 1 aromatic carbocycles. The van der Waals surface area contributed by atoms with Gasteiger partial charge in [-0.3, -0.25) is 4.79 Å². The van der Waals surface area contributed by atoms with E-state index in [2.05, 4.69) is 23.7 Å². The second-order valence-corrected chi connectivity index (χ2v) is 5.83. The van der Waals surface area contributed by atoms with Crippen molar-refractivity contribution in [3.8, 4) is 0 Å². The fourth-order valence-corrected chi connectivity index (χ4v) is 2.60. The van der Waals surface area contributed by atoms with Crippen LogP contribution in [-0.4, -0.2) is 28.4 Å². The zero-order chi connectivity index (χ0) is 13.4. The Hall–Kier alpha value is -1.77. The number of aromatic amines is 1. The third-order valence-electron chi connectivity index (χ3n) is 3.64. The highest BCUT2D eigenvalue weighted by Crippen LogP contribution is 2.30. The Kier molecular flexibility index (Phi) is 3.05. The molecular formula is C16H20N2O. The van der Waals surface area contributed by atoms with Gasteiger partial charge in [0.05, 0.1) is 0 Å². The third-order valence-corrected chi connectivity index (χ3v) is 3.64. The van der Waals surface area contributed by atoms with Crippen LogP contribution in [0.2, 0.25) is 0 Å². The normalized spacial score (nSPS) is 15.1. The summed E-state index contributed by atoms with van der Waals surface area (Å²) in [5.74, 6) is 0.691. The summed E-state index contributed by atoms with van der Waals surface area (Å²) >= 11 is 0. The molecule has 0 aliphatic heterocycles. The smallest absolute Gasteiger partial charge is 0.254 e. The van der Waals surface area contributed by atoms with Crippen molar-refractivity contribution in [1.82, 2.24) is 9.88 Å². The summed E-state index contributed by atoms with van der Waals surface area (Å²) in [5.41, 5.74) is 1.86. The van der Waals surface area contributed by atoms with E-state index in [0.717, 1.165) is 35.9 Å². The number of rotatable bonds is 4. The third kappa shape index (κ3) is 2.37. The number of benzene rings is 1. The van der Waals surface area contributed by atoms with Gasteiger partial charge in [0.2, 0.25) is 0 Å². The molecule has 0 unspecified atom stereocenters. The molecule has 3 heteroatoms. The van der Waals surface area contributed by atoms with Gasteiger partial charge in [-0.15, -0.1) is 0 Å². The monoisotopic (exact) mass is 256 g/mol. The highest BCUT2D eigenvalue weighted by Gasteiger charge is 2.33. The lowest BCUT2D eigenvalue weighted by Crippen LogP contribution is -2.36. The Bertz CT molecular complexity index is 596. The lowest BCUT2D eigenvalue weighted by molar-refractivity contribution is 0.0724. The molecule has 0 atom stereocenters. The van der Waals surface area contributed by atoms with Gasteiger partial charge in [0.25, 0.3) is 5.91 Å². The van der Waals surface area contributed by atoms with Gasteiger partial charge < -0.3 is 9.88 Å². The molecule has 1 aromatic heterocycles. The van der Waals surface area contributed by atoms with E-state index in [0.29, 0.717) is 12.0 Å². The molecule has 3 rings (SSSR count). The molecule has 3 nitrogen and oxygen atoms in total. The minimum Gasteiger partial charge on any atom is -0.361 e. The number of carbonyl (C=O) groups is 1. The van der Waals surface area contributed by atoms with Crippen molar-refractivity contribution in [3.63, 3.8) is 0 Å². The van der Waals surface area contributed by atoms with E-state index in [9.17, 15) is 4.79 Å². The maximum Gasteiger partial charge on any atom is 0.254 e. The largest absolute Gasteiger partial charge is 0.361 e. The van der Waals surface area contributed by atoms with Gasteiger partial charge in [-0.2, -0.15) is 0 Å². The number of hydrogen-bond donors (Lipinski definition) is 1. The van der Waals surface area contributed by atoms with E-state index in [1.165, 1.54) is 0 Å². The highest BCUT2D eigenvalue weighted by atomic mass is 16.2. The zero-order valence-electron chi connectivity index (χ0n) is 11.5. The number of nitrogens with zero attached hydrogens (tertiary/aromatic N) is 1. The standard InChI is InChI=1S/C16H20N2O/c1-11(2)10-18(12-6-7-12)16(19)14-4-3-5-15-13(14)8-9-17-15/h3-5,8-9,11-12,17H,6-7,10H2,1-2H3. The first kappa shape index (κ1) is 12.3. The molecule has 1 N–H and O–H groups in total. The summed E-state index contributed by atoms with van der Waals surface area (Å²) in [6, 6.07) is 8.35. The maximum absolute atomic E-state index is 12.8. The van der Waals surface area contributed by atoms with Crippen molar-refractivity contribution in [2.75, 3.05) is 6.54 Å². The second kappa shape index (κ2) is 4.72. The number of aromatic nitrogens is 1. The first-order valence-electron chi connectivity index (χ1n) is 7.04. The summed E-state index contributed by atoms with van der Waals surface area (Å²) in [4.78, 5) is 18.0. The molecule has 100 valence electrons. The minimum atomic E-state index is 0.182. The molecule has 1 aliphatic carbocycles. The molecule has 0 spiro atoms. The molecule has 0 radical (unpaired) electrons. The van der Waals surface area contributed by atoms with E-state index in [-0.39, 0.29) is 5.91 Å². The molecule has 19 heavy (non-hydrogen) atoms. The number of fused-ring (bicyclic) bond motifs is 1. The molecule has 1 aliphatic rings. The van der Waals surface area contributed by atoms with Crippen molar-refractivity contribution < 1.29 is 4.79 Å². The fraction of sp³-hybridized carbons (Fsp3) is 0.438. The number of H-pyrrole nitrogens is 1. The zero-order valence-corrected chi connectivity index (χ0v) is 11.5. The Morgan fingerprint density at radius 2 is 2.16 bits per heavy atom. The highest BCUT2D eigenvalue weighted by molar-refractivity contribution is 6.06.